The van der Waals surface area contributed by atoms with Crippen LogP contribution in [0.4, 0.5) is 5.00 Å². The molecule has 0 aliphatic carbocycles. The van der Waals surface area contributed by atoms with Crippen LogP contribution in [0.3, 0.4) is 0 Å². The molecule has 39 heavy (non-hydrogen) atoms. The highest BCUT2D eigenvalue weighted by Crippen LogP contribution is 2.46. The number of thiazole rings is 1. The van der Waals surface area contributed by atoms with Gasteiger partial charge in [-0.05, 0) is 60.9 Å². The van der Waals surface area contributed by atoms with Crippen molar-refractivity contribution < 1.29 is 9.21 Å². The number of carbonyl (C=O) groups is 1. The highest BCUT2D eigenvalue weighted by atomic mass is 32.1. The van der Waals surface area contributed by atoms with E-state index in [0.717, 1.165) is 61.5 Å². The van der Waals surface area contributed by atoms with Crippen LogP contribution in [0.15, 0.2) is 75.9 Å². The van der Waals surface area contributed by atoms with Gasteiger partial charge in [-0.1, -0.05) is 42.5 Å². The number of amides is 1. The molecule has 0 unspecified atom stereocenters. The number of rotatable bonds is 4. The van der Waals surface area contributed by atoms with Gasteiger partial charge in [-0.2, -0.15) is 0 Å². The summed E-state index contributed by atoms with van der Waals surface area (Å²) in [7, 11) is 0. The van der Waals surface area contributed by atoms with Crippen molar-refractivity contribution in [3.05, 3.63) is 93.2 Å². The Morgan fingerprint density at radius 2 is 1.85 bits per heavy atom. The smallest absolute Gasteiger partial charge is 0.349 e. The van der Waals surface area contributed by atoms with Crippen molar-refractivity contribution in [2.24, 2.45) is 0 Å². The first-order chi connectivity index (χ1) is 19.0. The van der Waals surface area contributed by atoms with Gasteiger partial charge in [-0.15, -0.1) is 22.7 Å². The number of nitrogens with zero attached hydrogens (tertiary/aromatic N) is 2. The Balaban J connectivity index is 1.34. The zero-order chi connectivity index (χ0) is 26.7. The van der Waals surface area contributed by atoms with E-state index in [2.05, 4.69) is 30.1 Å². The summed E-state index contributed by atoms with van der Waals surface area (Å²) < 4.78 is 6.71. The number of anilines is 1. The molecule has 0 saturated heterocycles. The van der Waals surface area contributed by atoms with Gasteiger partial charge in [0.1, 0.15) is 21.2 Å². The lowest BCUT2D eigenvalue weighted by Crippen LogP contribution is -2.35. The number of carbonyl (C=O) groups excluding carboxylic acids is 1. The molecule has 0 radical (unpaired) electrons. The number of hydrogen-bond donors (Lipinski definition) is 1. The first-order valence-electron chi connectivity index (χ1n) is 13.0. The number of benzene rings is 3. The van der Waals surface area contributed by atoms with Crippen molar-refractivity contribution in [1.29, 1.82) is 0 Å². The van der Waals surface area contributed by atoms with Crippen molar-refractivity contribution in [3.63, 3.8) is 0 Å². The van der Waals surface area contributed by atoms with E-state index in [0.29, 0.717) is 11.6 Å². The van der Waals surface area contributed by atoms with E-state index in [1.807, 2.05) is 48.5 Å². The summed E-state index contributed by atoms with van der Waals surface area (Å²) in [5.74, 6) is -0.472. The second-order valence-corrected chi connectivity index (χ2v) is 12.2. The second-order valence-electron chi connectivity index (χ2n) is 10.1. The zero-order valence-electron chi connectivity index (χ0n) is 21.5. The van der Waals surface area contributed by atoms with Crippen LogP contribution >= 0.6 is 22.7 Å². The molecule has 0 fully saturated rings. The Morgan fingerprint density at radius 3 is 2.69 bits per heavy atom. The highest BCUT2D eigenvalue weighted by Gasteiger charge is 2.29. The van der Waals surface area contributed by atoms with Crippen LogP contribution in [0.5, 0.6) is 0 Å². The average Bonchev–Trinajstić information content (AvgIpc) is 3.52. The first kappa shape index (κ1) is 24.2. The number of para-hydroxylation sites is 1. The number of hydrogen-bond acceptors (Lipinski definition) is 7. The maximum absolute atomic E-state index is 13.7. The molecule has 0 bridgehead atoms. The summed E-state index contributed by atoms with van der Waals surface area (Å²) in [4.78, 5) is 35.2. The van der Waals surface area contributed by atoms with Crippen molar-refractivity contribution in [2.75, 3.05) is 11.9 Å². The summed E-state index contributed by atoms with van der Waals surface area (Å²) in [6.07, 6.45) is 0.884. The minimum absolute atomic E-state index is 0.00992. The van der Waals surface area contributed by atoms with Crippen LogP contribution < -0.4 is 10.9 Å². The van der Waals surface area contributed by atoms with Gasteiger partial charge in [0.15, 0.2) is 0 Å². The summed E-state index contributed by atoms with van der Waals surface area (Å²) >= 11 is 3.21. The standard InChI is InChI=1S/C31H25N3O3S2/c1-17(2)34-14-13-20-26(16-34)39-30(27(20)29-32-23-9-5-6-10-25(23)38-29)33-28(35)22-15-21-19-8-4-3-7-18(19)11-12-24(21)37-31(22)36/h3-12,15,17H,13-14,16H2,1-2H3,(H,33,35). The lowest BCUT2D eigenvalue weighted by atomic mass is 10.0. The fourth-order valence-electron chi connectivity index (χ4n) is 5.36. The normalized spacial score (nSPS) is 13.9. The molecule has 0 spiro atoms. The molecule has 194 valence electrons. The number of thiophene rings is 1. The molecule has 7 rings (SSSR count). The van der Waals surface area contributed by atoms with Gasteiger partial charge >= 0.3 is 5.63 Å². The molecular formula is C31H25N3O3S2. The van der Waals surface area contributed by atoms with Crippen molar-refractivity contribution in [2.45, 2.75) is 32.9 Å². The molecule has 3 aromatic heterocycles. The topological polar surface area (TPSA) is 75.4 Å². The van der Waals surface area contributed by atoms with Gasteiger partial charge in [0.25, 0.3) is 5.91 Å². The molecule has 6 aromatic rings. The van der Waals surface area contributed by atoms with E-state index >= 15 is 0 Å². The van der Waals surface area contributed by atoms with E-state index in [9.17, 15) is 9.59 Å². The molecule has 3 aromatic carbocycles. The first-order valence-corrected chi connectivity index (χ1v) is 14.6. The summed E-state index contributed by atoms with van der Waals surface area (Å²) in [6.45, 7) is 6.19. The molecule has 1 N–H and O–H groups in total. The third kappa shape index (κ3) is 4.16. The van der Waals surface area contributed by atoms with Gasteiger partial charge in [0.2, 0.25) is 0 Å². The van der Waals surface area contributed by atoms with Gasteiger partial charge in [0.05, 0.1) is 10.2 Å². The van der Waals surface area contributed by atoms with E-state index in [1.54, 1.807) is 34.8 Å². The molecule has 1 aliphatic heterocycles. The molecule has 1 amide bonds. The summed E-state index contributed by atoms with van der Waals surface area (Å²) in [5, 5.41) is 7.40. The number of aromatic nitrogens is 1. The second kappa shape index (κ2) is 9.41. The average molecular weight is 552 g/mol. The molecule has 1 aliphatic rings. The lowest BCUT2D eigenvalue weighted by molar-refractivity contribution is 0.102. The van der Waals surface area contributed by atoms with Gasteiger partial charge in [0, 0.05) is 35.0 Å². The van der Waals surface area contributed by atoms with E-state index in [4.69, 9.17) is 9.40 Å². The number of fused-ring (bicyclic) bond motifs is 5. The van der Waals surface area contributed by atoms with Crippen LogP contribution in [0.1, 0.15) is 34.6 Å². The minimum atomic E-state index is -0.649. The zero-order valence-corrected chi connectivity index (χ0v) is 23.1. The van der Waals surface area contributed by atoms with Gasteiger partial charge < -0.3 is 9.73 Å². The van der Waals surface area contributed by atoms with Crippen molar-refractivity contribution in [3.8, 4) is 10.6 Å². The Bertz CT molecular complexity index is 1930. The fourth-order valence-corrected chi connectivity index (χ4v) is 7.74. The lowest BCUT2D eigenvalue weighted by Gasteiger charge is -2.30. The maximum atomic E-state index is 13.7. The van der Waals surface area contributed by atoms with Gasteiger partial charge in [-0.3, -0.25) is 9.69 Å². The van der Waals surface area contributed by atoms with Crippen LogP contribution in [0.25, 0.3) is 42.5 Å². The van der Waals surface area contributed by atoms with E-state index < -0.39 is 11.5 Å². The third-order valence-corrected chi connectivity index (χ3v) is 9.62. The largest absolute Gasteiger partial charge is 0.422 e. The molecule has 4 heterocycles. The quantitative estimate of drug-likeness (QED) is 0.184. The molecule has 0 atom stereocenters. The molecular weight excluding hydrogens is 526 g/mol. The minimum Gasteiger partial charge on any atom is -0.422 e. The monoisotopic (exact) mass is 551 g/mol. The summed E-state index contributed by atoms with van der Waals surface area (Å²) in [5.41, 5.74) is 2.96. The fraction of sp³-hybridized carbons (Fsp3) is 0.194. The molecule has 6 nitrogen and oxygen atoms in total. The summed E-state index contributed by atoms with van der Waals surface area (Å²) in [6, 6.07) is 21.7. The third-order valence-electron chi connectivity index (χ3n) is 7.44. The van der Waals surface area contributed by atoms with Crippen LogP contribution in [0.2, 0.25) is 0 Å². The van der Waals surface area contributed by atoms with E-state index in [1.165, 1.54) is 10.4 Å². The number of nitrogens with one attached hydrogen (secondary N) is 1. The Morgan fingerprint density at radius 1 is 1.03 bits per heavy atom. The van der Waals surface area contributed by atoms with E-state index in [-0.39, 0.29) is 5.56 Å². The van der Waals surface area contributed by atoms with Gasteiger partial charge in [-0.25, -0.2) is 9.78 Å². The highest BCUT2D eigenvalue weighted by molar-refractivity contribution is 7.23. The molecule has 8 heteroatoms. The van der Waals surface area contributed by atoms with Crippen LogP contribution in [-0.4, -0.2) is 28.4 Å². The van der Waals surface area contributed by atoms with Crippen molar-refractivity contribution in [1.82, 2.24) is 9.88 Å². The predicted molar refractivity (Wildman–Crippen MR) is 160 cm³/mol. The Hall–Kier alpha value is -3.85. The Labute approximate surface area is 232 Å². The predicted octanol–water partition coefficient (Wildman–Crippen LogP) is 7.30. The Kier molecular flexibility index (Phi) is 5.84. The maximum Gasteiger partial charge on any atom is 0.349 e. The SMILES string of the molecule is CC(C)N1CCc2c(sc(NC(=O)c3cc4c(ccc5ccccc54)oc3=O)c2-c2nc3ccccc3s2)C1. The van der Waals surface area contributed by atoms with Crippen LogP contribution in [0, 0.1) is 0 Å². The molecule has 0 saturated carbocycles. The van der Waals surface area contributed by atoms with Crippen LogP contribution in [-0.2, 0) is 13.0 Å². The van der Waals surface area contributed by atoms with Crippen molar-refractivity contribution >= 4 is 65.5 Å².